The summed E-state index contributed by atoms with van der Waals surface area (Å²) in [4.78, 5) is 18.5. The second kappa shape index (κ2) is 8.23. The average molecular weight is 430 g/mol. The maximum Gasteiger partial charge on any atom is 0.258 e. The molecule has 0 aliphatic heterocycles. The number of nitrogens with one attached hydrogen (secondary N) is 1. The van der Waals surface area contributed by atoms with E-state index in [2.05, 4.69) is 10.3 Å². The Bertz CT molecular complexity index is 1150. The summed E-state index contributed by atoms with van der Waals surface area (Å²) >= 11 is 7.33. The average Bonchev–Trinajstić information content (AvgIpc) is 3.26. The Labute approximate surface area is 175 Å². The van der Waals surface area contributed by atoms with Crippen LogP contribution in [0.15, 0.2) is 54.7 Å². The summed E-state index contributed by atoms with van der Waals surface area (Å²) in [5, 5.41) is 3.48. The monoisotopic (exact) mass is 429 g/mol. The molecule has 0 radical (unpaired) electrons. The topological polar surface area (TPSA) is 55.6 Å². The Morgan fingerprint density at radius 1 is 1.21 bits per heavy atom. The number of hydrogen-bond acceptors (Lipinski definition) is 4. The minimum atomic E-state index is -0.274. The van der Waals surface area contributed by atoms with Crippen molar-refractivity contribution in [3.63, 3.8) is 0 Å². The molecule has 0 saturated heterocycles. The van der Waals surface area contributed by atoms with E-state index in [4.69, 9.17) is 16.3 Å². The first-order valence-corrected chi connectivity index (χ1v) is 10.1. The van der Waals surface area contributed by atoms with Gasteiger partial charge in [-0.2, -0.15) is 0 Å². The molecule has 29 heavy (non-hydrogen) atoms. The summed E-state index contributed by atoms with van der Waals surface area (Å²) in [6.07, 6.45) is 1.92. The quantitative estimate of drug-likeness (QED) is 0.476. The molecule has 2 aromatic heterocycles. The molecule has 2 aromatic carbocycles. The molecule has 0 aliphatic rings. The lowest BCUT2D eigenvalue weighted by Gasteiger charge is -2.07. The van der Waals surface area contributed by atoms with Gasteiger partial charge in [0.05, 0.1) is 12.2 Å². The zero-order chi connectivity index (χ0) is 20.4. The number of nitrogens with zero attached hydrogens (tertiary/aromatic N) is 2. The van der Waals surface area contributed by atoms with Crippen LogP contribution in [0.4, 0.5) is 4.39 Å². The fraction of sp³-hybridized carbons (Fsp3) is 0.143. The van der Waals surface area contributed by atoms with E-state index in [1.54, 1.807) is 36.4 Å². The van der Waals surface area contributed by atoms with E-state index in [-0.39, 0.29) is 18.3 Å². The number of halogens is 2. The van der Waals surface area contributed by atoms with Gasteiger partial charge in [0.25, 0.3) is 5.91 Å². The predicted molar refractivity (Wildman–Crippen MR) is 112 cm³/mol. The summed E-state index contributed by atoms with van der Waals surface area (Å²) < 4.78 is 20.5. The van der Waals surface area contributed by atoms with E-state index in [9.17, 15) is 9.18 Å². The normalized spacial score (nSPS) is 11.0. The molecule has 1 amide bonds. The lowest BCUT2D eigenvalue weighted by molar-refractivity contribution is -0.123. The van der Waals surface area contributed by atoms with E-state index in [0.29, 0.717) is 17.3 Å². The van der Waals surface area contributed by atoms with E-state index >= 15 is 0 Å². The smallest absolute Gasteiger partial charge is 0.258 e. The number of hydrogen-bond donors (Lipinski definition) is 1. The van der Waals surface area contributed by atoms with Gasteiger partial charge in [0, 0.05) is 27.4 Å². The van der Waals surface area contributed by atoms with Gasteiger partial charge in [-0.15, -0.1) is 0 Å². The van der Waals surface area contributed by atoms with Crippen molar-refractivity contribution in [2.24, 2.45) is 0 Å². The van der Waals surface area contributed by atoms with Crippen LogP contribution in [0.2, 0.25) is 5.02 Å². The molecule has 148 valence electrons. The van der Waals surface area contributed by atoms with Crippen LogP contribution in [0.1, 0.15) is 10.6 Å². The fourth-order valence-electron chi connectivity index (χ4n) is 2.83. The van der Waals surface area contributed by atoms with Gasteiger partial charge in [-0.3, -0.25) is 9.20 Å². The first kappa shape index (κ1) is 19.4. The van der Waals surface area contributed by atoms with Crippen molar-refractivity contribution in [3.05, 3.63) is 76.1 Å². The first-order valence-electron chi connectivity index (χ1n) is 8.88. The fourth-order valence-corrected chi connectivity index (χ4v) is 4.00. The molecule has 0 unspecified atom stereocenters. The number of rotatable bonds is 6. The molecule has 2 heterocycles. The van der Waals surface area contributed by atoms with Gasteiger partial charge < -0.3 is 10.1 Å². The zero-order valence-corrected chi connectivity index (χ0v) is 17.1. The highest BCUT2D eigenvalue weighted by atomic mass is 35.5. The minimum Gasteiger partial charge on any atom is -0.484 e. The second-order valence-electron chi connectivity index (χ2n) is 6.42. The van der Waals surface area contributed by atoms with E-state index < -0.39 is 0 Å². The predicted octanol–water partition coefficient (Wildman–Crippen LogP) is 4.86. The van der Waals surface area contributed by atoms with Crippen molar-refractivity contribution in [3.8, 4) is 17.0 Å². The number of aromatic nitrogens is 2. The Hall–Kier alpha value is -2.90. The summed E-state index contributed by atoms with van der Waals surface area (Å²) in [7, 11) is 0. The first-order chi connectivity index (χ1) is 14.0. The molecule has 0 spiro atoms. The van der Waals surface area contributed by atoms with Crippen LogP contribution in [0.3, 0.4) is 0 Å². The van der Waals surface area contributed by atoms with Gasteiger partial charge >= 0.3 is 0 Å². The molecular weight excluding hydrogens is 413 g/mol. The third kappa shape index (κ3) is 4.41. The van der Waals surface area contributed by atoms with E-state index in [0.717, 1.165) is 26.8 Å². The number of aryl methyl sites for hydroxylation is 1. The number of amides is 1. The highest BCUT2D eigenvalue weighted by Gasteiger charge is 2.14. The maximum absolute atomic E-state index is 13.1. The maximum atomic E-state index is 13.1. The van der Waals surface area contributed by atoms with Crippen LogP contribution in [0.25, 0.3) is 16.2 Å². The summed E-state index contributed by atoms with van der Waals surface area (Å²) in [6.45, 7) is 2.30. The minimum absolute atomic E-state index is 0.0715. The van der Waals surface area contributed by atoms with Crippen LogP contribution in [-0.2, 0) is 11.3 Å². The van der Waals surface area contributed by atoms with Crippen molar-refractivity contribution < 1.29 is 13.9 Å². The Balaban J connectivity index is 1.38. The lowest BCUT2D eigenvalue weighted by atomic mass is 10.2. The van der Waals surface area contributed by atoms with Gasteiger partial charge in [-0.1, -0.05) is 22.9 Å². The second-order valence-corrected chi connectivity index (χ2v) is 7.91. The molecule has 0 saturated carbocycles. The Morgan fingerprint density at radius 3 is 2.62 bits per heavy atom. The molecule has 0 atom stereocenters. The molecule has 0 fully saturated rings. The van der Waals surface area contributed by atoms with E-state index in [1.165, 1.54) is 23.5 Å². The summed E-state index contributed by atoms with van der Waals surface area (Å²) in [5.74, 6) is 0.102. The van der Waals surface area contributed by atoms with Crippen molar-refractivity contribution in [2.75, 3.05) is 6.61 Å². The molecule has 1 N–H and O–H groups in total. The molecule has 4 rings (SSSR count). The van der Waals surface area contributed by atoms with Crippen molar-refractivity contribution in [1.29, 1.82) is 0 Å². The third-order valence-corrected chi connectivity index (χ3v) is 5.83. The molecule has 0 bridgehead atoms. The Kier molecular flexibility index (Phi) is 5.51. The van der Waals surface area contributed by atoms with Crippen molar-refractivity contribution in [1.82, 2.24) is 14.7 Å². The van der Waals surface area contributed by atoms with Crippen LogP contribution in [0.5, 0.6) is 5.75 Å². The van der Waals surface area contributed by atoms with Gasteiger partial charge in [-0.05, 0) is 55.5 Å². The van der Waals surface area contributed by atoms with Gasteiger partial charge in [0.2, 0.25) is 0 Å². The number of ether oxygens (including phenoxy) is 1. The molecular formula is C21H17ClFN3O2S. The summed E-state index contributed by atoms with van der Waals surface area (Å²) in [5.41, 5.74) is 2.65. The summed E-state index contributed by atoms with van der Waals surface area (Å²) in [6, 6.07) is 13.1. The van der Waals surface area contributed by atoms with E-state index in [1.807, 2.05) is 17.5 Å². The molecule has 8 heteroatoms. The lowest BCUT2D eigenvalue weighted by Crippen LogP contribution is -2.28. The number of benzene rings is 2. The number of imidazole rings is 1. The Morgan fingerprint density at radius 2 is 1.93 bits per heavy atom. The van der Waals surface area contributed by atoms with Crippen LogP contribution in [0, 0.1) is 12.7 Å². The highest BCUT2D eigenvalue weighted by Crippen LogP contribution is 2.27. The van der Waals surface area contributed by atoms with Crippen molar-refractivity contribution >= 4 is 33.8 Å². The van der Waals surface area contributed by atoms with Gasteiger partial charge in [0.1, 0.15) is 11.6 Å². The number of carbonyl (C=O) groups excluding carboxylic acids is 1. The van der Waals surface area contributed by atoms with Gasteiger partial charge in [-0.25, -0.2) is 9.37 Å². The van der Waals surface area contributed by atoms with Gasteiger partial charge in [0.15, 0.2) is 11.6 Å². The standard InChI is InChI=1S/C21H17ClFN3O2S/c1-13-19(10-24-20(27)12-28-17-8-4-15(22)5-9-17)29-21-25-18(11-26(13)21)14-2-6-16(23)7-3-14/h2-9,11H,10,12H2,1H3,(H,24,27). The van der Waals surface area contributed by atoms with Crippen molar-refractivity contribution in [2.45, 2.75) is 13.5 Å². The number of fused-ring (bicyclic) bond motifs is 1. The van der Waals surface area contributed by atoms with Crippen LogP contribution in [-0.4, -0.2) is 21.9 Å². The molecule has 5 nitrogen and oxygen atoms in total. The highest BCUT2D eigenvalue weighted by molar-refractivity contribution is 7.17. The zero-order valence-electron chi connectivity index (χ0n) is 15.5. The number of thiazole rings is 1. The third-order valence-electron chi connectivity index (χ3n) is 4.42. The van der Waals surface area contributed by atoms with Crippen LogP contribution >= 0.6 is 22.9 Å². The SMILES string of the molecule is Cc1c(CNC(=O)COc2ccc(Cl)cc2)sc2nc(-c3ccc(F)cc3)cn12. The number of carbonyl (C=O) groups is 1. The van der Waals surface area contributed by atoms with Crippen LogP contribution < -0.4 is 10.1 Å². The largest absolute Gasteiger partial charge is 0.484 e. The molecule has 4 aromatic rings. The molecule has 0 aliphatic carbocycles.